The van der Waals surface area contributed by atoms with E-state index < -0.39 is 5.82 Å². The Morgan fingerprint density at radius 3 is 2.96 bits per heavy atom. The Hall–Kier alpha value is -3.35. The molecule has 0 radical (unpaired) electrons. The second kappa shape index (κ2) is 7.72. The van der Waals surface area contributed by atoms with E-state index in [0.717, 1.165) is 12.2 Å². The van der Waals surface area contributed by atoms with Crippen molar-refractivity contribution in [1.82, 2.24) is 19.8 Å². The number of halogens is 1. The monoisotopic (exact) mass is 380 g/mol. The summed E-state index contributed by atoms with van der Waals surface area (Å²) in [4.78, 5) is 18.3. The fourth-order valence-corrected chi connectivity index (χ4v) is 3.41. The van der Waals surface area contributed by atoms with Crippen molar-refractivity contribution in [2.75, 3.05) is 6.54 Å². The predicted octanol–water partition coefficient (Wildman–Crippen LogP) is 4.10. The molecule has 2 amide bonds. The Morgan fingerprint density at radius 1 is 1.29 bits per heavy atom. The van der Waals surface area contributed by atoms with Crippen molar-refractivity contribution in [1.29, 1.82) is 0 Å². The zero-order valence-corrected chi connectivity index (χ0v) is 15.5. The SMILES string of the molecule is CC1c2cccn2CCN1C(=O)NCc1ccc(Oc2cccnc2)c(F)c1. The van der Waals surface area contributed by atoms with Gasteiger partial charge in [-0.05, 0) is 48.9 Å². The molecule has 1 unspecified atom stereocenters. The second-order valence-electron chi connectivity index (χ2n) is 6.71. The first-order valence-corrected chi connectivity index (χ1v) is 9.17. The molecule has 2 aromatic heterocycles. The zero-order chi connectivity index (χ0) is 19.5. The van der Waals surface area contributed by atoms with Crippen molar-refractivity contribution in [2.45, 2.75) is 26.1 Å². The lowest BCUT2D eigenvalue weighted by molar-refractivity contribution is 0.162. The van der Waals surface area contributed by atoms with Crippen LogP contribution in [-0.2, 0) is 13.1 Å². The van der Waals surface area contributed by atoms with Crippen LogP contribution in [0.3, 0.4) is 0 Å². The molecular formula is C21H21FN4O2. The number of hydrogen-bond donors (Lipinski definition) is 1. The lowest BCUT2D eigenvalue weighted by atomic mass is 10.1. The summed E-state index contributed by atoms with van der Waals surface area (Å²) < 4.78 is 22.0. The number of nitrogens with zero attached hydrogens (tertiary/aromatic N) is 3. The van der Waals surface area contributed by atoms with E-state index in [0.29, 0.717) is 17.9 Å². The molecule has 1 N–H and O–H groups in total. The summed E-state index contributed by atoms with van der Waals surface area (Å²) in [7, 11) is 0. The minimum absolute atomic E-state index is 0.00394. The zero-order valence-electron chi connectivity index (χ0n) is 15.5. The average Bonchev–Trinajstić information content (AvgIpc) is 3.19. The van der Waals surface area contributed by atoms with Crippen LogP contribution in [0.25, 0.3) is 0 Å². The Kier molecular flexibility index (Phi) is 4.97. The van der Waals surface area contributed by atoms with E-state index in [1.54, 1.807) is 35.4 Å². The number of pyridine rings is 1. The van der Waals surface area contributed by atoms with Gasteiger partial charge < -0.3 is 19.5 Å². The molecule has 4 rings (SSSR count). The lowest BCUT2D eigenvalue weighted by Gasteiger charge is -2.34. The van der Waals surface area contributed by atoms with Crippen LogP contribution in [-0.4, -0.2) is 27.0 Å². The molecule has 144 valence electrons. The van der Waals surface area contributed by atoms with Crippen LogP contribution >= 0.6 is 0 Å². The highest BCUT2D eigenvalue weighted by molar-refractivity contribution is 5.74. The summed E-state index contributed by atoms with van der Waals surface area (Å²) in [5, 5.41) is 2.88. The van der Waals surface area contributed by atoms with E-state index >= 15 is 0 Å². The van der Waals surface area contributed by atoms with Gasteiger partial charge in [-0.25, -0.2) is 9.18 Å². The fraction of sp³-hybridized carbons (Fsp3) is 0.238. The van der Waals surface area contributed by atoms with E-state index in [2.05, 4.69) is 14.9 Å². The largest absolute Gasteiger partial charge is 0.453 e. The van der Waals surface area contributed by atoms with E-state index in [4.69, 9.17) is 4.74 Å². The average molecular weight is 380 g/mol. The van der Waals surface area contributed by atoms with Crippen molar-refractivity contribution < 1.29 is 13.9 Å². The maximum absolute atomic E-state index is 14.3. The number of amides is 2. The van der Waals surface area contributed by atoms with Gasteiger partial charge in [-0.1, -0.05) is 6.07 Å². The summed E-state index contributed by atoms with van der Waals surface area (Å²) in [5.41, 5.74) is 1.78. The molecule has 28 heavy (non-hydrogen) atoms. The van der Waals surface area contributed by atoms with Crippen molar-refractivity contribution in [3.05, 3.63) is 78.1 Å². The summed E-state index contributed by atoms with van der Waals surface area (Å²) >= 11 is 0. The van der Waals surface area contributed by atoms with E-state index in [9.17, 15) is 9.18 Å². The molecule has 0 fully saturated rings. The molecular weight excluding hydrogens is 359 g/mol. The number of carbonyl (C=O) groups is 1. The number of fused-ring (bicyclic) bond motifs is 1. The third-order valence-electron chi connectivity index (χ3n) is 4.91. The second-order valence-corrected chi connectivity index (χ2v) is 6.71. The van der Waals surface area contributed by atoms with Crippen molar-refractivity contribution >= 4 is 6.03 Å². The fourth-order valence-electron chi connectivity index (χ4n) is 3.41. The topological polar surface area (TPSA) is 59.4 Å². The Balaban J connectivity index is 1.37. The van der Waals surface area contributed by atoms with Crippen molar-refractivity contribution in [3.8, 4) is 11.5 Å². The first-order valence-electron chi connectivity index (χ1n) is 9.17. The molecule has 0 saturated carbocycles. The highest BCUT2D eigenvalue weighted by atomic mass is 19.1. The van der Waals surface area contributed by atoms with Crippen molar-refractivity contribution in [3.63, 3.8) is 0 Å². The highest BCUT2D eigenvalue weighted by Crippen LogP contribution is 2.26. The summed E-state index contributed by atoms with van der Waals surface area (Å²) in [6, 6.07) is 11.9. The van der Waals surface area contributed by atoms with Gasteiger partial charge in [0.1, 0.15) is 5.75 Å². The van der Waals surface area contributed by atoms with Gasteiger partial charge in [-0.2, -0.15) is 0 Å². The summed E-state index contributed by atoms with van der Waals surface area (Å²) in [6.45, 7) is 3.66. The molecule has 3 heterocycles. The van der Waals surface area contributed by atoms with E-state index in [-0.39, 0.29) is 24.4 Å². The van der Waals surface area contributed by atoms with Crippen LogP contribution < -0.4 is 10.1 Å². The van der Waals surface area contributed by atoms with Gasteiger partial charge in [-0.3, -0.25) is 4.98 Å². The normalized spacial score (nSPS) is 15.8. The quantitative estimate of drug-likeness (QED) is 0.741. The number of aromatic nitrogens is 2. The van der Waals surface area contributed by atoms with Crippen LogP contribution in [0.1, 0.15) is 24.2 Å². The van der Waals surface area contributed by atoms with Crippen molar-refractivity contribution in [2.24, 2.45) is 0 Å². The molecule has 6 nitrogen and oxygen atoms in total. The van der Waals surface area contributed by atoms with Gasteiger partial charge in [0.2, 0.25) is 0 Å². The molecule has 3 aromatic rings. The first kappa shape index (κ1) is 18.0. The van der Waals surface area contributed by atoms with Gasteiger partial charge in [-0.15, -0.1) is 0 Å². The maximum Gasteiger partial charge on any atom is 0.318 e. The maximum atomic E-state index is 14.3. The molecule has 1 atom stereocenters. The van der Waals surface area contributed by atoms with Crippen LogP contribution in [0.4, 0.5) is 9.18 Å². The number of nitrogens with one attached hydrogen (secondary N) is 1. The minimum atomic E-state index is -0.486. The first-order chi connectivity index (χ1) is 13.6. The molecule has 1 aliphatic rings. The number of hydrogen-bond acceptors (Lipinski definition) is 3. The minimum Gasteiger partial charge on any atom is -0.453 e. The Bertz CT molecular complexity index is 974. The van der Waals surface area contributed by atoms with Crippen LogP contribution in [0, 0.1) is 5.82 Å². The number of rotatable bonds is 4. The van der Waals surface area contributed by atoms with E-state index in [1.807, 2.05) is 25.3 Å². The smallest absolute Gasteiger partial charge is 0.318 e. The third kappa shape index (κ3) is 3.69. The Labute approximate surface area is 162 Å². The van der Waals surface area contributed by atoms with Gasteiger partial charge in [0, 0.05) is 37.7 Å². The van der Waals surface area contributed by atoms with Crippen LogP contribution in [0.15, 0.2) is 61.1 Å². The van der Waals surface area contributed by atoms with Gasteiger partial charge >= 0.3 is 6.03 Å². The molecule has 0 bridgehead atoms. The number of ether oxygens (including phenoxy) is 1. The predicted molar refractivity (Wildman–Crippen MR) is 102 cm³/mol. The van der Waals surface area contributed by atoms with Crippen LogP contribution in [0.2, 0.25) is 0 Å². The number of urea groups is 1. The molecule has 1 aliphatic heterocycles. The van der Waals surface area contributed by atoms with Gasteiger partial charge in [0.25, 0.3) is 0 Å². The molecule has 1 aromatic carbocycles. The highest BCUT2D eigenvalue weighted by Gasteiger charge is 2.27. The number of carbonyl (C=O) groups excluding carboxylic acids is 1. The summed E-state index contributed by atoms with van der Waals surface area (Å²) in [5.74, 6) is 0.0968. The number of benzene rings is 1. The molecule has 0 spiro atoms. The van der Waals surface area contributed by atoms with E-state index in [1.165, 1.54) is 12.3 Å². The Morgan fingerprint density at radius 2 is 2.18 bits per heavy atom. The van der Waals surface area contributed by atoms with Crippen LogP contribution in [0.5, 0.6) is 11.5 Å². The lowest BCUT2D eigenvalue weighted by Crippen LogP contribution is -2.45. The molecule has 0 saturated heterocycles. The summed E-state index contributed by atoms with van der Waals surface area (Å²) in [6.07, 6.45) is 5.16. The van der Waals surface area contributed by atoms with Gasteiger partial charge in [0.15, 0.2) is 11.6 Å². The molecule has 7 heteroatoms. The van der Waals surface area contributed by atoms with Gasteiger partial charge in [0.05, 0.1) is 12.2 Å². The molecule has 0 aliphatic carbocycles. The standard InChI is InChI=1S/C21H21FN4O2/c1-15-19-5-3-9-25(19)10-11-26(15)21(27)24-13-16-6-7-20(18(22)12-16)28-17-4-2-8-23-14-17/h2-9,12,14-15H,10-11,13H2,1H3,(H,24,27). The third-order valence-corrected chi connectivity index (χ3v) is 4.91.